The van der Waals surface area contributed by atoms with Gasteiger partial charge < -0.3 is 4.74 Å². The van der Waals surface area contributed by atoms with E-state index >= 15 is 0 Å². The van der Waals surface area contributed by atoms with Crippen molar-refractivity contribution in [1.29, 1.82) is 0 Å². The lowest BCUT2D eigenvalue weighted by Crippen LogP contribution is -2.14. The SMILES string of the molecule is CCOC(=O)/C=C/c1cc2cc(F)ccc2n1S(=O)(=O)c1ccc(C)cc1. The van der Waals surface area contributed by atoms with Crippen LogP contribution in [-0.2, 0) is 19.6 Å². The molecular weight excluding hydrogens is 369 g/mol. The molecule has 1 heterocycles. The summed E-state index contributed by atoms with van der Waals surface area (Å²) in [4.78, 5) is 11.7. The molecule has 5 nitrogen and oxygen atoms in total. The third-order valence-electron chi connectivity index (χ3n) is 3.98. The van der Waals surface area contributed by atoms with Gasteiger partial charge in [-0.05, 0) is 56.3 Å². The zero-order chi connectivity index (χ0) is 19.6. The maximum atomic E-state index is 13.6. The Morgan fingerprint density at radius 2 is 1.85 bits per heavy atom. The molecule has 0 unspecified atom stereocenters. The van der Waals surface area contributed by atoms with Gasteiger partial charge in [-0.1, -0.05) is 17.7 Å². The topological polar surface area (TPSA) is 65.4 Å². The van der Waals surface area contributed by atoms with Crippen LogP contribution in [0.5, 0.6) is 0 Å². The van der Waals surface area contributed by atoms with E-state index in [1.807, 2.05) is 6.92 Å². The Kier molecular flexibility index (Phi) is 5.14. The van der Waals surface area contributed by atoms with Gasteiger partial charge in [0.1, 0.15) is 5.82 Å². The van der Waals surface area contributed by atoms with E-state index in [0.717, 1.165) is 15.6 Å². The smallest absolute Gasteiger partial charge is 0.330 e. The molecule has 0 saturated heterocycles. The summed E-state index contributed by atoms with van der Waals surface area (Å²) in [5.74, 6) is -1.07. The average molecular weight is 387 g/mol. The first-order valence-electron chi connectivity index (χ1n) is 8.31. The minimum Gasteiger partial charge on any atom is -0.463 e. The van der Waals surface area contributed by atoms with Crippen molar-refractivity contribution in [3.63, 3.8) is 0 Å². The van der Waals surface area contributed by atoms with Crippen molar-refractivity contribution in [2.75, 3.05) is 6.61 Å². The molecule has 0 saturated carbocycles. The van der Waals surface area contributed by atoms with E-state index in [1.165, 1.54) is 42.5 Å². The van der Waals surface area contributed by atoms with Gasteiger partial charge in [-0.3, -0.25) is 0 Å². The monoisotopic (exact) mass is 387 g/mol. The van der Waals surface area contributed by atoms with E-state index < -0.39 is 21.8 Å². The van der Waals surface area contributed by atoms with E-state index in [2.05, 4.69) is 0 Å². The first kappa shape index (κ1) is 18.8. The largest absolute Gasteiger partial charge is 0.463 e. The molecule has 0 radical (unpaired) electrons. The quantitative estimate of drug-likeness (QED) is 0.492. The van der Waals surface area contributed by atoms with Gasteiger partial charge in [-0.2, -0.15) is 0 Å². The van der Waals surface area contributed by atoms with Crippen molar-refractivity contribution >= 4 is 33.0 Å². The number of ether oxygens (including phenoxy) is 1. The molecule has 0 aliphatic rings. The summed E-state index contributed by atoms with van der Waals surface area (Å²) in [6.45, 7) is 3.74. The molecule has 0 amide bonds. The van der Waals surface area contributed by atoms with Crippen molar-refractivity contribution < 1.29 is 22.3 Å². The normalized spacial score (nSPS) is 12.0. The second-order valence-corrected chi connectivity index (χ2v) is 7.73. The lowest BCUT2D eigenvalue weighted by molar-refractivity contribution is -0.137. The number of hydrogen-bond acceptors (Lipinski definition) is 4. The second kappa shape index (κ2) is 7.36. The van der Waals surface area contributed by atoms with Crippen LogP contribution >= 0.6 is 0 Å². The molecule has 140 valence electrons. The highest BCUT2D eigenvalue weighted by atomic mass is 32.2. The molecular formula is C20H18FNO4S. The minimum absolute atomic E-state index is 0.0979. The zero-order valence-corrected chi connectivity index (χ0v) is 15.7. The summed E-state index contributed by atoms with van der Waals surface area (Å²) in [6.07, 6.45) is 2.50. The molecule has 7 heteroatoms. The summed E-state index contributed by atoms with van der Waals surface area (Å²) in [5, 5.41) is 0.411. The third kappa shape index (κ3) is 3.78. The van der Waals surface area contributed by atoms with Crippen LogP contribution in [0.15, 0.2) is 59.5 Å². The Morgan fingerprint density at radius 1 is 1.15 bits per heavy atom. The summed E-state index contributed by atoms with van der Waals surface area (Å²) < 4.78 is 46.0. The van der Waals surface area contributed by atoms with E-state index in [-0.39, 0.29) is 17.2 Å². The first-order valence-corrected chi connectivity index (χ1v) is 9.75. The zero-order valence-electron chi connectivity index (χ0n) is 14.8. The number of fused-ring (bicyclic) bond motifs is 1. The first-order chi connectivity index (χ1) is 12.8. The Bertz CT molecular complexity index is 1130. The lowest BCUT2D eigenvalue weighted by Gasteiger charge is -2.10. The highest BCUT2D eigenvalue weighted by Crippen LogP contribution is 2.27. The number of nitrogens with zero attached hydrogens (tertiary/aromatic N) is 1. The van der Waals surface area contributed by atoms with Crippen LogP contribution in [0.2, 0.25) is 0 Å². The molecule has 0 bridgehead atoms. The molecule has 2 aromatic carbocycles. The summed E-state index contributed by atoms with van der Waals surface area (Å²) in [7, 11) is -3.95. The molecule has 3 aromatic rings. The highest BCUT2D eigenvalue weighted by Gasteiger charge is 2.22. The van der Waals surface area contributed by atoms with Gasteiger partial charge in [0.2, 0.25) is 0 Å². The third-order valence-corrected chi connectivity index (χ3v) is 5.74. The van der Waals surface area contributed by atoms with Gasteiger partial charge >= 0.3 is 5.97 Å². The van der Waals surface area contributed by atoms with Crippen LogP contribution < -0.4 is 0 Å². The van der Waals surface area contributed by atoms with Crippen LogP contribution in [0.3, 0.4) is 0 Å². The molecule has 0 aliphatic heterocycles. The molecule has 0 spiro atoms. The molecule has 0 atom stereocenters. The van der Waals surface area contributed by atoms with Crippen LogP contribution in [0.4, 0.5) is 4.39 Å². The van der Waals surface area contributed by atoms with Gasteiger partial charge in [0.15, 0.2) is 0 Å². The predicted molar refractivity (Wildman–Crippen MR) is 101 cm³/mol. The fraction of sp³-hybridized carbons (Fsp3) is 0.150. The van der Waals surface area contributed by atoms with Gasteiger partial charge in [0.25, 0.3) is 10.0 Å². The van der Waals surface area contributed by atoms with Crippen molar-refractivity contribution in [3.05, 3.63) is 71.7 Å². The summed E-state index contributed by atoms with van der Waals surface area (Å²) >= 11 is 0. The summed E-state index contributed by atoms with van der Waals surface area (Å²) in [6, 6.07) is 11.8. The molecule has 3 rings (SSSR count). The fourth-order valence-electron chi connectivity index (χ4n) is 2.73. The van der Waals surface area contributed by atoms with Gasteiger partial charge in [0, 0.05) is 11.5 Å². The van der Waals surface area contributed by atoms with Gasteiger partial charge in [-0.25, -0.2) is 21.6 Å². The van der Waals surface area contributed by atoms with Gasteiger partial charge in [0.05, 0.1) is 22.7 Å². The number of rotatable bonds is 5. The number of aromatic nitrogens is 1. The number of esters is 1. The molecule has 0 fully saturated rings. The van der Waals surface area contributed by atoms with E-state index in [0.29, 0.717) is 10.9 Å². The fourth-order valence-corrected chi connectivity index (χ4v) is 4.23. The second-order valence-electron chi connectivity index (χ2n) is 5.94. The Morgan fingerprint density at radius 3 is 2.52 bits per heavy atom. The number of benzene rings is 2. The van der Waals surface area contributed by atoms with E-state index in [4.69, 9.17) is 4.74 Å². The number of carbonyl (C=O) groups is 1. The van der Waals surface area contributed by atoms with E-state index in [1.54, 1.807) is 19.1 Å². The van der Waals surface area contributed by atoms with Crippen LogP contribution in [0, 0.1) is 12.7 Å². The Hall–Kier alpha value is -2.93. The van der Waals surface area contributed by atoms with Crippen molar-refractivity contribution in [2.45, 2.75) is 18.7 Å². The average Bonchev–Trinajstić information content (AvgIpc) is 2.98. The number of carbonyl (C=O) groups excluding carboxylic acids is 1. The Balaban J connectivity index is 2.21. The van der Waals surface area contributed by atoms with Crippen LogP contribution in [0.1, 0.15) is 18.2 Å². The number of halogens is 1. The van der Waals surface area contributed by atoms with Crippen molar-refractivity contribution in [1.82, 2.24) is 3.97 Å². The maximum absolute atomic E-state index is 13.6. The van der Waals surface area contributed by atoms with Crippen molar-refractivity contribution in [3.8, 4) is 0 Å². The standard InChI is InChI=1S/C20H18FNO4S/c1-3-26-20(23)11-7-17-13-15-12-16(21)6-10-19(15)22(17)27(24,25)18-8-4-14(2)5-9-18/h4-13H,3H2,1-2H3/b11-7+. The molecule has 27 heavy (non-hydrogen) atoms. The highest BCUT2D eigenvalue weighted by molar-refractivity contribution is 7.90. The molecule has 1 aromatic heterocycles. The Labute approximate surface area is 156 Å². The number of hydrogen-bond donors (Lipinski definition) is 0. The summed E-state index contributed by atoms with van der Waals surface area (Å²) in [5.41, 5.74) is 1.47. The minimum atomic E-state index is -3.95. The van der Waals surface area contributed by atoms with Crippen LogP contribution in [-0.4, -0.2) is 25.0 Å². The van der Waals surface area contributed by atoms with Crippen molar-refractivity contribution in [2.24, 2.45) is 0 Å². The number of aryl methyl sites for hydroxylation is 1. The van der Waals surface area contributed by atoms with E-state index in [9.17, 15) is 17.6 Å². The lowest BCUT2D eigenvalue weighted by atomic mass is 10.2. The van der Waals surface area contributed by atoms with Crippen LogP contribution in [0.25, 0.3) is 17.0 Å². The predicted octanol–water partition coefficient (Wildman–Crippen LogP) is 3.90. The molecule has 0 N–H and O–H groups in total. The maximum Gasteiger partial charge on any atom is 0.330 e. The van der Waals surface area contributed by atoms with Gasteiger partial charge in [-0.15, -0.1) is 0 Å². The molecule has 0 aliphatic carbocycles.